The molecule has 1 aliphatic carbocycles. The van der Waals surface area contributed by atoms with Crippen LogP contribution < -0.4 is 15.3 Å². The third kappa shape index (κ3) is 5.31. The molecule has 0 spiro atoms. The van der Waals surface area contributed by atoms with Gasteiger partial charge in [-0.1, -0.05) is 0 Å². The number of rotatable bonds is 4. The molecule has 3 unspecified atom stereocenters. The maximum atomic E-state index is 14.0. The number of carbonyl (C=O) groups excluding carboxylic acids is 2. The molecule has 4 rings (SSSR count). The molecule has 1 fully saturated rings. The van der Waals surface area contributed by atoms with Gasteiger partial charge < -0.3 is 14.9 Å². The quantitative estimate of drug-likeness (QED) is 0.458. The number of ether oxygens (including phenoxy) is 1. The number of amides is 1. The van der Waals surface area contributed by atoms with Crippen LogP contribution in [0.3, 0.4) is 0 Å². The van der Waals surface area contributed by atoms with Gasteiger partial charge in [-0.2, -0.15) is 26.3 Å². The monoisotopic (exact) mass is 577 g/mol. The number of alkyl halides is 6. The first kappa shape index (κ1) is 28.8. The largest absolute Gasteiger partial charge is 0.420 e. The maximum Gasteiger partial charge on any atom is 0.420 e. The lowest BCUT2D eigenvalue weighted by atomic mass is 10.1. The lowest BCUT2D eigenvalue weighted by molar-refractivity contribution is -0.143. The Kier molecular flexibility index (Phi) is 7.27. The fraction of sp³-hybridized carbons (Fsp3) is 0.292. The number of halogens is 7. The molecule has 1 aliphatic rings. The van der Waals surface area contributed by atoms with E-state index >= 15 is 0 Å². The van der Waals surface area contributed by atoms with E-state index in [0.717, 1.165) is 43.7 Å². The van der Waals surface area contributed by atoms with Crippen LogP contribution in [-0.4, -0.2) is 50.5 Å². The first-order valence-corrected chi connectivity index (χ1v) is 11.2. The van der Waals surface area contributed by atoms with Gasteiger partial charge in [-0.15, -0.1) is 0 Å². The molecule has 0 saturated heterocycles. The zero-order valence-corrected chi connectivity index (χ0v) is 20.1. The van der Waals surface area contributed by atoms with E-state index in [-0.39, 0.29) is 17.8 Å². The lowest BCUT2D eigenvalue weighted by Crippen LogP contribution is -2.33. The number of imidazole rings is 1. The van der Waals surface area contributed by atoms with E-state index in [4.69, 9.17) is 4.74 Å². The smallest absolute Gasteiger partial charge is 0.407 e. The number of Topliss-reactive ketones (excluding diaryl/α,β-unsaturated/α-hetero) is 1. The highest BCUT2D eigenvalue weighted by Crippen LogP contribution is 2.44. The fourth-order valence-corrected chi connectivity index (χ4v) is 4.12. The molecular formula is C24H18F7N3O6. The molecule has 2 N–H and O–H groups in total. The number of anilines is 1. The van der Waals surface area contributed by atoms with Crippen molar-refractivity contribution in [2.45, 2.75) is 37.0 Å². The molecule has 16 heteroatoms. The maximum absolute atomic E-state index is 14.0. The van der Waals surface area contributed by atoms with Gasteiger partial charge in [0.15, 0.2) is 11.5 Å². The van der Waals surface area contributed by atoms with Crippen molar-refractivity contribution in [2.75, 3.05) is 11.9 Å². The molecular weight excluding hydrogens is 559 g/mol. The number of aliphatic hydroxyl groups is 2. The number of ketones is 1. The summed E-state index contributed by atoms with van der Waals surface area (Å²) in [7, 11) is 1.04. The summed E-state index contributed by atoms with van der Waals surface area (Å²) in [5, 5.41) is 19.5. The minimum absolute atomic E-state index is 0.0476. The topological polar surface area (TPSA) is 114 Å². The van der Waals surface area contributed by atoms with Crippen molar-refractivity contribution in [3.63, 3.8) is 0 Å². The van der Waals surface area contributed by atoms with E-state index in [1.165, 1.54) is 0 Å². The molecule has 9 nitrogen and oxygen atoms in total. The van der Waals surface area contributed by atoms with Gasteiger partial charge in [-0.05, 0) is 36.4 Å². The minimum Gasteiger partial charge on any atom is -0.407 e. The molecule has 1 amide bonds. The average Bonchev–Trinajstić information content (AvgIpc) is 3.36. The molecule has 3 aromatic rings. The summed E-state index contributed by atoms with van der Waals surface area (Å²) in [4.78, 5) is 38.8. The highest BCUT2D eigenvalue weighted by molar-refractivity contribution is 5.90. The molecule has 1 aromatic heterocycles. The van der Waals surface area contributed by atoms with Gasteiger partial charge in [0.25, 0.3) is 0 Å². The van der Waals surface area contributed by atoms with Crippen molar-refractivity contribution in [1.82, 2.24) is 9.13 Å². The number of aliphatic hydroxyl groups excluding tert-OH is 2. The van der Waals surface area contributed by atoms with Crippen LogP contribution in [0.15, 0.2) is 53.6 Å². The van der Waals surface area contributed by atoms with E-state index in [0.29, 0.717) is 14.0 Å². The number of hydrogen-bond acceptors (Lipinski definition) is 6. The second-order valence-electron chi connectivity index (χ2n) is 8.80. The predicted molar refractivity (Wildman–Crippen MR) is 122 cm³/mol. The Morgan fingerprint density at radius 2 is 1.62 bits per heavy atom. The number of nitrogens with zero attached hydrogens (tertiary/aromatic N) is 3. The SMILES string of the molecule is CN(C(=O)Oc1c(-n2ccn(C3CC(O)C(O)C3=O)c2=O)cc(C(F)(F)F)cc1C(F)(F)F)c1ccc(F)cc1. The number of hydrogen-bond donors (Lipinski definition) is 2. The van der Waals surface area contributed by atoms with Gasteiger partial charge in [0.1, 0.15) is 23.5 Å². The Bertz CT molecular complexity index is 1510. The van der Waals surface area contributed by atoms with Crippen LogP contribution in [0, 0.1) is 5.82 Å². The normalized spacial score (nSPS) is 19.6. The van der Waals surface area contributed by atoms with Crippen molar-refractivity contribution in [2.24, 2.45) is 0 Å². The molecule has 0 aliphatic heterocycles. The van der Waals surface area contributed by atoms with Crippen molar-refractivity contribution in [1.29, 1.82) is 0 Å². The lowest BCUT2D eigenvalue weighted by Gasteiger charge is -2.22. The van der Waals surface area contributed by atoms with E-state index in [2.05, 4.69) is 0 Å². The van der Waals surface area contributed by atoms with Gasteiger partial charge in [-0.3, -0.25) is 18.8 Å². The standard InChI is InChI=1S/C24H18F7N3O6/c1-32(13-4-2-12(25)3-5-13)22(39)40-20-14(24(29,30)31)8-11(23(26,27)28)9-16(20)34-7-6-33(21(34)38)15-10-17(35)19(37)18(15)36/h2-9,15,17,19,35,37H,10H2,1H3. The predicted octanol–water partition coefficient (Wildman–Crippen LogP) is 3.69. The summed E-state index contributed by atoms with van der Waals surface area (Å²) in [5.41, 5.74) is -6.38. The van der Waals surface area contributed by atoms with Crippen LogP contribution in [0.2, 0.25) is 0 Å². The molecule has 1 heterocycles. The Hall–Kier alpha value is -4.18. The minimum atomic E-state index is -5.51. The van der Waals surface area contributed by atoms with Gasteiger partial charge >= 0.3 is 24.1 Å². The van der Waals surface area contributed by atoms with E-state index < -0.39 is 83.0 Å². The van der Waals surface area contributed by atoms with Crippen LogP contribution in [0.1, 0.15) is 23.6 Å². The highest BCUT2D eigenvalue weighted by Gasteiger charge is 2.44. The Morgan fingerprint density at radius 1 is 1.00 bits per heavy atom. The molecule has 2 aromatic carbocycles. The summed E-state index contributed by atoms with van der Waals surface area (Å²) in [6, 6.07) is 2.43. The molecule has 1 saturated carbocycles. The summed E-state index contributed by atoms with van der Waals surface area (Å²) >= 11 is 0. The summed E-state index contributed by atoms with van der Waals surface area (Å²) in [5.74, 6) is -3.16. The van der Waals surface area contributed by atoms with Crippen molar-refractivity contribution in [3.8, 4) is 11.4 Å². The van der Waals surface area contributed by atoms with Gasteiger partial charge in [0.2, 0.25) is 0 Å². The van der Waals surface area contributed by atoms with Crippen LogP contribution >= 0.6 is 0 Å². The molecule has 0 radical (unpaired) electrons. The van der Waals surface area contributed by atoms with Crippen LogP contribution in [0.4, 0.5) is 41.2 Å². The van der Waals surface area contributed by atoms with Gasteiger partial charge in [0, 0.05) is 31.5 Å². The summed E-state index contributed by atoms with van der Waals surface area (Å²) in [6.07, 6.45) is -14.6. The molecule has 214 valence electrons. The molecule has 40 heavy (non-hydrogen) atoms. The van der Waals surface area contributed by atoms with Crippen LogP contribution in [0.25, 0.3) is 5.69 Å². The van der Waals surface area contributed by atoms with Crippen LogP contribution in [-0.2, 0) is 17.1 Å². The van der Waals surface area contributed by atoms with E-state index in [1.807, 2.05) is 0 Å². The molecule has 0 bridgehead atoms. The van der Waals surface area contributed by atoms with E-state index in [9.17, 15) is 55.3 Å². The summed E-state index contributed by atoms with van der Waals surface area (Å²) < 4.78 is 102. The summed E-state index contributed by atoms with van der Waals surface area (Å²) in [6.45, 7) is 0. The van der Waals surface area contributed by atoms with Gasteiger partial charge in [0.05, 0.1) is 17.4 Å². The highest BCUT2D eigenvalue weighted by atomic mass is 19.4. The zero-order valence-electron chi connectivity index (χ0n) is 20.1. The van der Waals surface area contributed by atoms with Crippen molar-refractivity contribution < 1.29 is 55.3 Å². The molecule has 3 atom stereocenters. The van der Waals surface area contributed by atoms with Crippen molar-refractivity contribution >= 4 is 17.6 Å². The zero-order chi connectivity index (χ0) is 29.7. The van der Waals surface area contributed by atoms with Gasteiger partial charge in [-0.25, -0.2) is 14.0 Å². The third-order valence-electron chi connectivity index (χ3n) is 6.23. The number of aromatic nitrogens is 2. The Labute approximate surface area is 219 Å². The van der Waals surface area contributed by atoms with E-state index in [1.54, 1.807) is 0 Å². The first-order chi connectivity index (χ1) is 18.5. The number of benzene rings is 2. The van der Waals surface area contributed by atoms with Crippen molar-refractivity contribution in [3.05, 3.63) is 76.2 Å². The number of carbonyl (C=O) groups is 2. The first-order valence-electron chi connectivity index (χ1n) is 11.2. The second kappa shape index (κ2) is 10.1. The fourth-order valence-electron chi connectivity index (χ4n) is 4.12. The third-order valence-corrected chi connectivity index (χ3v) is 6.23. The second-order valence-corrected chi connectivity index (χ2v) is 8.80. The average molecular weight is 577 g/mol. The Morgan fingerprint density at radius 3 is 2.15 bits per heavy atom. The van der Waals surface area contributed by atoms with Crippen LogP contribution in [0.5, 0.6) is 5.75 Å². The Balaban J connectivity index is 1.89.